The van der Waals surface area contributed by atoms with Crippen molar-refractivity contribution in [2.24, 2.45) is 0 Å². The third-order valence-corrected chi connectivity index (χ3v) is 3.31. The lowest BCUT2D eigenvalue weighted by atomic mass is 9.94. The average Bonchev–Trinajstić information content (AvgIpc) is 2.29. The van der Waals surface area contributed by atoms with Crippen molar-refractivity contribution in [3.63, 3.8) is 0 Å². The van der Waals surface area contributed by atoms with Crippen molar-refractivity contribution in [2.75, 3.05) is 0 Å². The molecular weight excluding hydrogens is 329 g/mol. The van der Waals surface area contributed by atoms with Gasteiger partial charge in [-0.2, -0.15) is 0 Å². The largest absolute Gasteiger partial charge is 0.444 e. The number of halogens is 2. The van der Waals surface area contributed by atoms with Gasteiger partial charge in [-0.3, -0.25) is 0 Å². The zero-order chi connectivity index (χ0) is 15.6. The van der Waals surface area contributed by atoms with E-state index in [9.17, 15) is 14.0 Å². The van der Waals surface area contributed by atoms with E-state index in [1.807, 2.05) is 0 Å². The predicted molar refractivity (Wildman–Crippen MR) is 76.9 cm³/mol. The monoisotopic (exact) mass is 345 g/mol. The molecule has 4 nitrogen and oxygen atoms in total. The molecule has 0 saturated heterocycles. The van der Waals surface area contributed by atoms with Gasteiger partial charge in [-0.1, -0.05) is 12.1 Å². The number of amides is 1. The number of carbonyl (C=O) groups excluding carboxylic acids is 2. The van der Waals surface area contributed by atoms with Crippen LogP contribution in [-0.4, -0.2) is 18.0 Å². The van der Waals surface area contributed by atoms with Crippen LogP contribution in [0.4, 0.5) is 9.18 Å². The van der Waals surface area contributed by atoms with Crippen LogP contribution in [0.5, 0.6) is 0 Å². The van der Waals surface area contributed by atoms with Crippen LogP contribution in [0.1, 0.15) is 33.3 Å². The molecular formula is C14H17BrFNO3. The van der Waals surface area contributed by atoms with Gasteiger partial charge in [-0.05, 0) is 49.7 Å². The smallest absolute Gasteiger partial charge is 0.408 e. The summed E-state index contributed by atoms with van der Waals surface area (Å²) < 4.78 is 18.8. The second-order valence-corrected chi connectivity index (χ2v) is 6.34. The molecule has 1 N–H and O–H groups in total. The Morgan fingerprint density at radius 3 is 2.45 bits per heavy atom. The molecule has 0 heterocycles. The van der Waals surface area contributed by atoms with Crippen molar-refractivity contribution in [3.05, 3.63) is 34.1 Å². The number of hydrogen-bond acceptors (Lipinski definition) is 3. The molecule has 20 heavy (non-hydrogen) atoms. The lowest BCUT2D eigenvalue weighted by Crippen LogP contribution is -2.47. The normalized spacial score (nSPS) is 14.3. The van der Waals surface area contributed by atoms with Gasteiger partial charge in [0.1, 0.15) is 23.2 Å². The molecule has 1 unspecified atom stereocenters. The van der Waals surface area contributed by atoms with Crippen LogP contribution in [-0.2, 0) is 15.1 Å². The van der Waals surface area contributed by atoms with Gasteiger partial charge in [0.05, 0.1) is 4.47 Å². The molecule has 1 rings (SSSR count). The van der Waals surface area contributed by atoms with Crippen LogP contribution in [0, 0.1) is 5.82 Å². The van der Waals surface area contributed by atoms with Crippen LogP contribution in [0.2, 0.25) is 0 Å². The minimum atomic E-state index is -1.39. The van der Waals surface area contributed by atoms with Crippen LogP contribution >= 0.6 is 15.9 Å². The molecule has 0 radical (unpaired) electrons. The molecule has 0 fully saturated rings. The maximum absolute atomic E-state index is 13.5. The molecule has 1 aromatic carbocycles. The summed E-state index contributed by atoms with van der Waals surface area (Å²) >= 11 is 3.08. The highest BCUT2D eigenvalue weighted by Gasteiger charge is 2.33. The molecule has 1 atom stereocenters. The molecule has 0 bridgehead atoms. The number of aldehydes is 1. The van der Waals surface area contributed by atoms with Gasteiger partial charge in [0, 0.05) is 5.56 Å². The third kappa shape index (κ3) is 4.03. The molecule has 6 heteroatoms. The van der Waals surface area contributed by atoms with Crippen molar-refractivity contribution >= 4 is 28.3 Å². The van der Waals surface area contributed by atoms with Crippen LogP contribution in [0.15, 0.2) is 22.7 Å². The number of alkyl carbamates (subject to hydrolysis) is 1. The molecule has 0 saturated carbocycles. The summed E-state index contributed by atoms with van der Waals surface area (Å²) in [4.78, 5) is 23.2. The van der Waals surface area contributed by atoms with E-state index < -0.39 is 23.1 Å². The summed E-state index contributed by atoms with van der Waals surface area (Å²) in [5, 5.41) is 2.46. The number of rotatable bonds is 3. The van der Waals surface area contributed by atoms with Gasteiger partial charge in [0.25, 0.3) is 0 Å². The highest BCUT2D eigenvalue weighted by atomic mass is 79.9. The highest BCUT2D eigenvalue weighted by Crippen LogP contribution is 2.29. The van der Waals surface area contributed by atoms with E-state index >= 15 is 0 Å². The van der Waals surface area contributed by atoms with Crippen molar-refractivity contribution in [1.82, 2.24) is 5.32 Å². The maximum Gasteiger partial charge on any atom is 0.408 e. The summed E-state index contributed by atoms with van der Waals surface area (Å²) in [6, 6.07) is 4.28. The number of nitrogens with one attached hydrogen (secondary N) is 1. The van der Waals surface area contributed by atoms with E-state index in [1.165, 1.54) is 19.1 Å². The number of hydrogen-bond donors (Lipinski definition) is 1. The second-order valence-electron chi connectivity index (χ2n) is 5.55. The van der Waals surface area contributed by atoms with E-state index in [4.69, 9.17) is 4.74 Å². The Bertz CT molecular complexity index is 528. The van der Waals surface area contributed by atoms with Crippen molar-refractivity contribution in [2.45, 2.75) is 38.8 Å². The zero-order valence-electron chi connectivity index (χ0n) is 11.8. The van der Waals surface area contributed by atoms with Crippen molar-refractivity contribution in [1.29, 1.82) is 0 Å². The van der Waals surface area contributed by atoms with E-state index in [0.717, 1.165) is 0 Å². The van der Waals surface area contributed by atoms with Crippen LogP contribution in [0.25, 0.3) is 0 Å². The molecule has 1 amide bonds. The molecule has 110 valence electrons. The minimum absolute atomic E-state index is 0.130. The van der Waals surface area contributed by atoms with E-state index in [1.54, 1.807) is 26.8 Å². The second kappa shape index (κ2) is 5.91. The van der Waals surface area contributed by atoms with E-state index in [2.05, 4.69) is 21.2 Å². The summed E-state index contributed by atoms with van der Waals surface area (Å²) in [7, 11) is 0. The Kier molecular flexibility index (Phi) is 4.91. The molecule has 0 aliphatic carbocycles. The Hall–Kier alpha value is -1.43. The Morgan fingerprint density at radius 1 is 1.35 bits per heavy atom. The SMILES string of the molecule is CC(C)(C)OC(=O)NC(C)(C=O)c1cccc(F)c1Br. The first-order valence-electron chi connectivity index (χ1n) is 6.01. The first kappa shape index (κ1) is 16.6. The van der Waals surface area contributed by atoms with Gasteiger partial charge in [-0.15, -0.1) is 0 Å². The van der Waals surface area contributed by atoms with Gasteiger partial charge >= 0.3 is 6.09 Å². The lowest BCUT2D eigenvalue weighted by Gasteiger charge is -2.28. The van der Waals surface area contributed by atoms with Gasteiger partial charge in [0.2, 0.25) is 0 Å². The standard InChI is InChI=1S/C14H17BrFNO3/c1-13(2,3)20-12(19)17-14(4,8-18)9-6-5-7-10(16)11(9)15/h5-8H,1-4H3,(H,17,19). The summed E-state index contributed by atoms with van der Waals surface area (Å²) in [6.07, 6.45) is -0.209. The first-order chi connectivity index (χ1) is 9.09. The van der Waals surface area contributed by atoms with Crippen molar-refractivity contribution in [3.8, 4) is 0 Å². The predicted octanol–water partition coefficient (Wildman–Crippen LogP) is 3.53. The number of ether oxygens (including phenoxy) is 1. The quantitative estimate of drug-likeness (QED) is 0.852. The fourth-order valence-corrected chi connectivity index (χ4v) is 2.26. The van der Waals surface area contributed by atoms with Crippen molar-refractivity contribution < 1.29 is 18.7 Å². The fourth-order valence-electron chi connectivity index (χ4n) is 1.58. The van der Waals surface area contributed by atoms with Gasteiger partial charge < -0.3 is 14.8 Å². The zero-order valence-corrected chi connectivity index (χ0v) is 13.4. The topological polar surface area (TPSA) is 55.4 Å². The van der Waals surface area contributed by atoms with E-state index in [-0.39, 0.29) is 4.47 Å². The first-order valence-corrected chi connectivity index (χ1v) is 6.80. The Labute approximate surface area is 125 Å². The summed E-state index contributed by atoms with van der Waals surface area (Å²) in [5.41, 5.74) is -1.76. The van der Waals surface area contributed by atoms with Gasteiger partial charge in [0.15, 0.2) is 0 Å². The lowest BCUT2D eigenvalue weighted by molar-refractivity contribution is -0.113. The van der Waals surface area contributed by atoms with E-state index in [0.29, 0.717) is 11.8 Å². The Morgan fingerprint density at radius 2 is 1.95 bits per heavy atom. The summed E-state index contributed by atoms with van der Waals surface area (Å²) in [5.74, 6) is -0.512. The highest BCUT2D eigenvalue weighted by molar-refractivity contribution is 9.10. The molecule has 0 aromatic heterocycles. The number of carbonyl (C=O) groups is 2. The van der Waals surface area contributed by atoms with Crippen LogP contribution < -0.4 is 5.32 Å². The molecule has 0 aliphatic heterocycles. The molecule has 0 aliphatic rings. The minimum Gasteiger partial charge on any atom is -0.444 e. The molecule has 1 aromatic rings. The average molecular weight is 346 g/mol. The fraction of sp³-hybridized carbons (Fsp3) is 0.429. The number of benzene rings is 1. The molecule has 0 spiro atoms. The summed E-state index contributed by atoms with van der Waals surface area (Å²) in [6.45, 7) is 6.61. The van der Waals surface area contributed by atoms with Crippen LogP contribution in [0.3, 0.4) is 0 Å². The Balaban J connectivity index is 3.06. The maximum atomic E-state index is 13.5. The van der Waals surface area contributed by atoms with Gasteiger partial charge in [-0.25, -0.2) is 9.18 Å². The third-order valence-electron chi connectivity index (χ3n) is 2.51.